The van der Waals surface area contributed by atoms with Gasteiger partial charge in [0.15, 0.2) is 0 Å². The number of amides is 2. The second kappa shape index (κ2) is 10.8. The van der Waals surface area contributed by atoms with Crippen LogP contribution in [0.15, 0.2) is 48.7 Å². The van der Waals surface area contributed by atoms with Crippen LogP contribution in [0.2, 0.25) is 0 Å². The fourth-order valence-electron chi connectivity index (χ4n) is 4.46. The normalized spacial score (nSPS) is 25.6. The molecule has 0 bridgehead atoms. The van der Waals surface area contributed by atoms with Gasteiger partial charge in [0.1, 0.15) is 23.8 Å². The number of hydrogen-bond acceptors (Lipinski definition) is 8. The number of ether oxygens (including phenoxy) is 2. The lowest BCUT2D eigenvalue weighted by Crippen LogP contribution is -2.57. The first-order valence-corrected chi connectivity index (χ1v) is 11.1. The molecule has 4 rings (SSSR count). The van der Waals surface area contributed by atoms with Crippen molar-refractivity contribution in [2.24, 2.45) is 0 Å². The molecule has 2 aliphatic rings. The summed E-state index contributed by atoms with van der Waals surface area (Å²) in [6.45, 7) is 2.88. The van der Waals surface area contributed by atoms with Crippen molar-refractivity contribution in [2.75, 3.05) is 56.7 Å². The van der Waals surface area contributed by atoms with Crippen molar-refractivity contribution in [2.45, 2.75) is 24.4 Å². The molecular formula is C23H31N5O5. The SMILES string of the molecule is COc1cccc(NC(=O)NCC2OC(CO)C(O)C2N2CCN(c3ccccn3)CC2)c1. The third-order valence-corrected chi connectivity index (χ3v) is 6.14. The van der Waals surface area contributed by atoms with Crippen LogP contribution in [0, 0.1) is 0 Å². The Bertz CT molecular complexity index is 909. The molecule has 0 spiro atoms. The molecule has 4 unspecified atom stereocenters. The number of piperazine rings is 1. The fourth-order valence-corrected chi connectivity index (χ4v) is 4.46. The molecule has 4 N–H and O–H groups in total. The molecule has 10 nitrogen and oxygen atoms in total. The molecule has 33 heavy (non-hydrogen) atoms. The standard InChI is InChI=1S/C23H31N5O5/c1-32-17-6-4-5-16(13-17)26-23(31)25-14-18-21(22(30)19(15-29)33-18)28-11-9-27(10-12-28)20-7-2-3-8-24-20/h2-8,13,18-19,21-22,29-30H,9-12,14-15H2,1H3,(H2,25,26,31). The summed E-state index contributed by atoms with van der Waals surface area (Å²) in [6.07, 6.45) is -0.197. The third kappa shape index (κ3) is 5.53. The van der Waals surface area contributed by atoms with Crippen molar-refractivity contribution in [3.63, 3.8) is 0 Å². The van der Waals surface area contributed by atoms with E-state index in [0.717, 1.165) is 18.9 Å². The minimum absolute atomic E-state index is 0.203. The Balaban J connectivity index is 1.35. The molecule has 3 heterocycles. The Morgan fingerprint density at radius 1 is 1.18 bits per heavy atom. The maximum Gasteiger partial charge on any atom is 0.319 e. The highest BCUT2D eigenvalue weighted by atomic mass is 16.5. The van der Waals surface area contributed by atoms with Crippen molar-refractivity contribution >= 4 is 17.5 Å². The molecule has 2 fully saturated rings. The number of nitrogens with one attached hydrogen (secondary N) is 2. The number of aliphatic hydroxyl groups is 2. The molecule has 178 valence electrons. The number of pyridine rings is 1. The van der Waals surface area contributed by atoms with Crippen LogP contribution >= 0.6 is 0 Å². The number of carbonyl (C=O) groups excluding carboxylic acids is 1. The number of carbonyl (C=O) groups is 1. The Morgan fingerprint density at radius 3 is 2.70 bits per heavy atom. The summed E-state index contributed by atoms with van der Waals surface area (Å²) >= 11 is 0. The predicted molar refractivity (Wildman–Crippen MR) is 124 cm³/mol. The van der Waals surface area contributed by atoms with Crippen LogP contribution < -0.4 is 20.3 Å². The van der Waals surface area contributed by atoms with E-state index in [1.54, 1.807) is 37.6 Å². The van der Waals surface area contributed by atoms with E-state index in [1.807, 2.05) is 18.2 Å². The molecule has 0 saturated carbocycles. The lowest BCUT2D eigenvalue weighted by atomic mass is 10.0. The molecule has 0 radical (unpaired) electrons. The molecule has 2 amide bonds. The average Bonchev–Trinajstić information content (AvgIpc) is 3.18. The summed E-state index contributed by atoms with van der Waals surface area (Å²) in [5.74, 6) is 1.58. The zero-order valence-corrected chi connectivity index (χ0v) is 18.6. The number of rotatable bonds is 7. The van der Waals surface area contributed by atoms with Gasteiger partial charge >= 0.3 is 6.03 Å². The molecule has 4 atom stereocenters. The third-order valence-electron chi connectivity index (χ3n) is 6.14. The second-order valence-electron chi connectivity index (χ2n) is 8.15. The van der Waals surface area contributed by atoms with E-state index >= 15 is 0 Å². The first-order chi connectivity index (χ1) is 16.1. The number of anilines is 2. The van der Waals surface area contributed by atoms with Gasteiger partial charge in [-0.15, -0.1) is 0 Å². The zero-order chi connectivity index (χ0) is 23.2. The van der Waals surface area contributed by atoms with E-state index in [4.69, 9.17) is 9.47 Å². The van der Waals surface area contributed by atoms with E-state index in [0.29, 0.717) is 24.5 Å². The van der Waals surface area contributed by atoms with Crippen molar-refractivity contribution in [1.29, 1.82) is 0 Å². The summed E-state index contributed by atoms with van der Waals surface area (Å²) in [4.78, 5) is 21.2. The van der Waals surface area contributed by atoms with Crippen LogP contribution in [-0.2, 0) is 4.74 Å². The zero-order valence-electron chi connectivity index (χ0n) is 18.6. The van der Waals surface area contributed by atoms with Gasteiger partial charge < -0.3 is 35.2 Å². The summed E-state index contributed by atoms with van der Waals surface area (Å²) in [5.41, 5.74) is 0.606. The first-order valence-electron chi connectivity index (χ1n) is 11.1. The van der Waals surface area contributed by atoms with Crippen LogP contribution in [0.5, 0.6) is 5.75 Å². The van der Waals surface area contributed by atoms with Crippen LogP contribution in [0.1, 0.15) is 0 Å². The predicted octanol–water partition coefficient (Wildman–Crippen LogP) is 0.523. The minimum atomic E-state index is -0.843. The lowest BCUT2D eigenvalue weighted by molar-refractivity contribution is -0.0205. The van der Waals surface area contributed by atoms with Gasteiger partial charge in [0.2, 0.25) is 0 Å². The smallest absolute Gasteiger partial charge is 0.319 e. The Kier molecular flexibility index (Phi) is 7.61. The maximum absolute atomic E-state index is 12.4. The quantitative estimate of drug-likeness (QED) is 0.475. The number of aliphatic hydroxyl groups excluding tert-OH is 2. The molecular weight excluding hydrogens is 426 g/mol. The van der Waals surface area contributed by atoms with E-state index in [2.05, 4.69) is 25.4 Å². The molecule has 1 aromatic carbocycles. The largest absolute Gasteiger partial charge is 0.497 e. The van der Waals surface area contributed by atoms with Crippen molar-refractivity contribution in [3.05, 3.63) is 48.7 Å². The van der Waals surface area contributed by atoms with Crippen LogP contribution in [0.4, 0.5) is 16.3 Å². The summed E-state index contributed by atoms with van der Waals surface area (Å²) in [5, 5.41) is 26.1. The minimum Gasteiger partial charge on any atom is -0.497 e. The number of nitrogens with zero attached hydrogens (tertiary/aromatic N) is 3. The highest BCUT2D eigenvalue weighted by Crippen LogP contribution is 2.27. The van der Waals surface area contributed by atoms with Gasteiger partial charge in [-0.3, -0.25) is 4.90 Å². The van der Waals surface area contributed by atoms with Crippen LogP contribution in [-0.4, -0.2) is 96.9 Å². The van der Waals surface area contributed by atoms with E-state index < -0.39 is 18.3 Å². The summed E-state index contributed by atoms with van der Waals surface area (Å²) in [7, 11) is 1.57. The molecule has 2 aliphatic heterocycles. The lowest BCUT2D eigenvalue weighted by Gasteiger charge is -2.40. The second-order valence-corrected chi connectivity index (χ2v) is 8.15. The molecule has 2 saturated heterocycles. The number of aromatic nitrogens is 1. The molecule has 1 aromatic heterocycles. The summed E-state index contributed by atoms with van der Waals surface area (Å²) in [6, 6.07) is 12.2. The van der Waals surface area contributed by atoms with Crippen molar-refractivity contribution < 1.29 is 24.5 Å². The van der Waals surface area contributed by atoms with Crippen molar-refractivity contribution in [3.8, 4) is 5.75 Å². The highest BCUT2D eigenvalue weighted by molar-refractivity contribution is 5.89. The van der Waals surface area contributed by atoms with Gasteiger partial charge in [-0.2, -0.15) is 0 Å². The number of methoxy groups -OCH3 is 1. The Morgan fingerprint density at radius 2 is 2.00 bits per heavy atom. The number of benzene rings is 1. The van der Waals surface area contributed by atoms with Crippen LogP contribution in [0.3, 0.4) is 0 Å². The number of hydrogen-bond donors (Lipinski definition) is 4. The van der Waals surface area contributed by atoms with Gasteiger partial charge in [0.25, 0.3) is 0 Å². The van der Waals surface area contributed by atoms with Gasteiger partial charge in [-0.1, -0.05) is 12.1 Å². The molecule has 2 aromatic rings. The fraction of sp³-hybridized carbons (Fsp3) is 0.478. The van der Waals surface area contributed by atoms with Crippen molar-refractivity contribution in [1.82, 2.24) is 15.2 Å². The Hall–Kier alpha value is -2.92. The van der Waals surface area contributed by atoms with E-state index in [9.17, 15) is 15.0 Å². The highest BCUT2D eigenvalue weighted by Gasteiger charge is 2.46. The molecule has 10 heteroatoms. The monoisotopic (exact) mass is 457 g/mol. The summed E-state index contributed by atoms with van der Waals surface area (Å²) < 4.78 is 11.1. The van der Waals surface area contributed by atoms with E-state index in [1.165, 1.54) is 0 Å². The van der Waals surface area contributed by atoms with Gasteiger partial charge in [-0.25, -0.2) is 9.78 Å². The first kappa shape index (κ1) is 23.2. The van der Waals surface area contributed by atoms with Gasteiger partial charge in [-0.05, 0) is 24.3 Å². The van der Waals surface area contributed by atoms with Gasteiger partial charge in [0.05, 0.1) is 25.9 Å². The van der Waals surface area contributed by atoms with E-state index in [-0.39, 0.29) is 25.2 Å². The Labute approximate surface area is 193 Å². The number of urea groups is 1. The van der Waals surface area contributed by atoms with Crippen LogP contribution in [0.25, 0.3) is 0 Å². The maximum atomic E-state index is 12.4. The van der Waals surface area contributed by atoms with Gasteiger partial charge in [0, 0.05) is 50.7 Å². The molecule has 0 aliphatic carbocycles. The average molecular weight is 458 g/mol. The topological polar surface area (TPSA) is 119 Å².